The number of rotatable bonds is 5. The maximum Gasteiger partial charge on any atom is 0.0931 e. The van der Waals surface area contributed by atoms with Crippen LogP contribution in [-0.4, -0.2) is 42.8 Å². The third kappa shape index (κ3) is 4.52. The van der Waals surface area contributed by atoms with Gasteiger partial charge in [-0.15, -0.1) is 0 Å². The van der Waals surface area contributed by atoms with Gasteiger partial charge in [0.05, 0.1) is 22.4 Å². The van der Waals surface area contributed by atoms with Crippen LogP contribution >= 0.6 is 0 Å². The zero-order valence-corrected chi connectivity index (χ0v) is 20.7. The van der Waals surface area contributed by atoms with Crippen LogP contribution in [0.25, 0.3) is 0 Å². The van der Waals surface area contributed by atoms with E-state index in [4.69, 9.17) is 0 Å². The van der Waals surface area contributed by atoms with Crippen LogP contribution in [0.5, 0.6) is 0 Å². The second kappa shape index (κ2) is 8.76. The fourth-order valence-electron chi connectivity index (χ4n) is 6.65. The highest BCUT2D eigenvalue weighted by molar-refractivity contribution is 5.38. The van der Waals surface area contributed by atoms with Gasteiger partial charge in [0.1, 0.15) is 0 Å². The Morgan fingerprint density at radius 1 is 0.471 bits per heavy atom. The van der Waals surface area contributed by atoms with Crippen LogP contribution in [-0.2, 0) is 0 Å². The second-order valence-electron chi connectivity index (χ2n) is 11.1. The monoisotopic (exact) mass is 462 g/mol. The summed E-state index contributed by atoms with van der Waals surface area (Å²) >= 11 is 0. The molecule has 0 heterocycles. The van der Waals surface area contributed by atoms with E-state index < -0.39 is 34.2 Å². The highest BCUT2D eigenvalue weighted by Gasteiger charge is 2.62. The molecule has 4 aliphatic rings. The maximum atomic E-state index is 12.3. The summed E-state index contributed by atoms with van der Waals surface area (Å²) in [4.78, 5) is 0. The van der Waals surface area contributed by atoms with Crippen molar-refractivity contribution < 1.29 is 20.4 Å². The van der Waals surface area contributed by atoms with Gasteiger partial charge in [-0.3, -0.25) is 0 Å². The van der Waals surface area contributed by atoms with E-state index in [1.165, 1.54) is 0 Å². The Kier molecular flexibility index (Phi) is 6.41. The molecule has 34 heavy (non-hydrogen) atoms. The van der Waals surface area contributed by atoms with Crippen molar-refractivity contribution in [2.75, 3.05) is 0 Å². The van der Waals surface area contributed by atoms with E-state index in [1.54, 1.807) is 24.3 Å². The Labute approximate surface area is 203 Å². The predicted octanol–water partition coefficient (Wildman–Crippen LogP) is 4.77. The molecule has 0 radical (unpaired) electrons. The summed E-state index contributed by atoms with van der Waals surface area (Å²) in [6.45, 7) is 7.82. The molecule has 4 unspecified atom stereocenters. The average Bonchev–Trinajstić information content (AvgIpc) is 2.70. The second-order valence-corrected chi connectivity index (χ2v) is 11.1. The maximum absolute atomic E-state index is 12.3. The highest BCUT2D eigenvalue weighted by Crippen LogP contribution is 2.55. The van der Waals surface area contributed by atoms with Crippen molar-refractivity contribution in [1.29, 1.82) is 0 Å². The molecule has 4 atom stereocenters. The van der Waals surface area contributed by atoms with Gasteiger partial charge in [-0.2, -0.15) is 0 Å². The van der Waals surface area contributed by atoms with Crippen LogP contribution in [0.2, 0.25) is 0 Å². The summed E-state index contributed by atoms with van der Waals surface area (Å²) < 4.78 is 0. The molecule has 0 aromatic rings. The fourth-order valence-corrected chi connectivity index (χ4v) is 6.65. The lowest BCUT2D eigenvalue weighted by molar-refractivity contribution is -0.189. The number of hydrogen-bond acceptors (Lipinski definition) is 4. The highest BCUT2D eigenvalue weighted by atomic mass is 16.3. The van der Waals surface area contributed by atoms with Crippen molar-refractivity contribution >= 4 is 0 Å². The minimum Gasteiger partial charge on any atom is -0.385 e. The molecule has 4 heteroatoms. The first-order valence-electron chi connectivity index (χ1n) is 12.2. The minimum atomic E-state index is -1.47. The van der Waals surface area contributed by atoms with Crippen molar-refractivity contribution in [3.05, 3.63) is 95.2 Å². The van der Waals surface area contributed by atoms with Crippen LogP contribution in [0.4, 0.5) is 0 Å². The van der Waals surface area contributed by atoms with E-state index in [0.29, 0.717) is 25.7 Å². The lowest BCUT2D eigenvalue weighted by Gasteiger charge is -2.57. The topological polar surface area (TPSA) is 80.9 Å². The molecule has 0 fully saturated rings. The normalized spacial score (nSPS) is 39.2. The SMILES string of the molecule is CC1=CC=CC(O)(C(C(C2(O)C=CC=C(C)C2)C2(O)C=CC=C(C)C2)C2(O)C=CC=C(C)C2)C1. The molecular formula is C30H38O4. The molecule has 0 saturated carbocycles. The lowest BCUT2D eigenvalue weighted by atomic mass is 9.53. The predicted molar refractivity (Wildman–Crippen MR) is 137 cm³/mol. The smallest absolute Gasteiger partial charge is 0.0931 e. The molecule has 4 N–H and O–H groups in total. The molecule has 0 aromatic carbocycles. The molecule has 4 rings (SSSR count). The minimum absolute atomic E-state index is 0.312. The van der Waals surface area contributed by atoms with Crippen molar-refractivity contribution in [1.82, 2.24) is 0 Å². The fraction of sp³-hybridized carbons (Fsp3) is 0.467. The Morgan fingerprint density at radius 3 is 0.853 bits per heavy atom. The van der Waals surface area contributed by atoms with Crippen LogP contribution in [0, 0.1) is 11.8 Å². The Bertz CT molecular complexity index is 913. The molecular weight excluding hydrogens is 424 g/mol. The van der Waals surface area contributed by atoms with Gasteiger partial charge in [0.25, 0.3) is 0 Å². The van der Waals surface area contributed by atoms with Crippen LogP contribution < -0.4 is 0 Å². The number of hydrogen-bond donors (Lipinski definition) is 4. The first kappa shape index (κ1) is 24.9. The van der Waals surface area contributed by atoms with E-state index in [9.17, 15) is 20.4 Å². The van der Waals surface area contributed by atoms with Crippen molar-refractivity contribution in [3.8, 4) is 0 Å². The Balaban J connectivity index is 1.96. The van der Waals surface area contributed by atoms with E-state index in [1.807, 2.05) is 76.3 Å². The van der Waals surface area contributed by atoms with Gasteiger partial charge in [-0.05, 0) is 27.7 Å². The quantitative estimate of drug-likeness (QED) is 0.475. The zero-order chi connectivity index (χ0) is 24.8. The van der Waals surface area contributed by atoms with Gasteiger partial charge in [0.2, 0.25) is 0 Å². The first-order valence-corrected chi connectivity index (χ1v) is 12.2. The van der Waals surface area contributed by atoms with Gasteiger partial charge in [0.15, 0.2) is 0 Å². The lowest BCUT2D eigenvalue weighted by Crippen LogP contribution is -2.65. The van der Waals surface area contributed by atoms with Gasteiger partial charge in [-0.1, -0.05) is 95.2 Å². The number of aliphatic hydroxyl groups is 4. The molecule has 4 aliphatic carbocycles. The molecule has 0 bridgehead atoms. The van der Waals surface area contributed by atoms with Gasteiger partial charge < -0.3 is 20.4 Å². The van der Waals surface area contributed by atoms with Gasteiger partial charge in [-0.25, -0.2) is 0 Å². The summed E-state index contributed by atoms with van der Waals surface area (Å²) in [6.07, 6.45) is 23.3. The van der Waals surface area contributed by atoms with Crippen LogP contribution in [0.3, 0.4) is 0 Å². The molecule has 0 spiro atoms. The van der Waals surface area contributed by atoms with E-state index >= 15 is 0 Å². The van der Waals surface area contributed by atoms with E-state index in [-0.39, 0.29) is 0 Å². The summed E-state index contributed by atoms with van der Waals surface area (Å²) in [5, 5.41) is 49.0. The third-order valence-electron chi connectivity index (χ3n) is 7.80. The first-order chi connectivity index (χ1) is 15.9. The number of allylic oxidation sites excluding steroid dienone is 8. The standard InChI is InChI=1S/C30H38O4/c1-21-9-5-13-27(31,17-21)25(28(32)14-6-10-22(2)18-28)26(29(33)15-7-11-23(3)19-29)30(34)16-8-12-24(4)20-30/h5-16,25-26,31-34H,17-20H2,1-4H3. The zero-order valence-electron chi connectivity index (χ0n) is 20.7. The van der Waals surface area contributed by atoms with Crippen molar-refractivity contribution in [3.63, 3.8) is 0 Å². The Hall–Kier alpha value is -2.24. The van der Waals surface area contributed by atoms with Crippen LogP contribution in [0.1, 0.15) is 53.4 Å². The third-order valence-corrected chi connectivity index (χ3v) is 7.80. The molecule has 0 amide bonds. The van der Waals surface area contributed by atoms with Gasteiger partial charge in [0, 0.05) is 37.5 Å². The molecule has 4 nitrogen and oxygen atoms in total. The van der Waals surface area contributed by atoms with Crippen LogP contribution in [0.15, 0.2) is 95.2 Å². The summed E-state index contributed by atoms with van der Waals surface area (Å²) in [7, 11) is 0. The molecule has 182 valence electrons. The van der Waals surface area contributed by atoms with Crippen molar-refractivity contribution in [2.24, 2.45) is 11.8 Å². The molecule has 0 aromatic heterocycles. The average molecular weight is 463 g/mol. The molecule has 0 aliphatic heterocycles. The Morgan fingerprint density at radius 2 is 0.676 bits per heavy atom. The summed E-state index contributed by atoms with van der Waals surface area (Å²) in [5.74, 6) is -1.80. The summed E-state index contributed by atoms with van der Waals surface area (Å²) in [5.41, 5.74) is -1.98. The summed E-state index contributed by atoms with van der Waals surface area (Å²) in [6, 6.07) is 0. The van der Waals surface area contributed by atoms with Crippen molar-refractivity contribution in [2.45, 2.75) is 75.8 Å². The van der Waals surface area contributed by atoms with E-state index in [0.717, 1.165) is 22.3 Å². The van der Waals surface area contributed by atoms with E-state index in [2.05, 4.69) is 0 Å². The largest absolute Gasteiger partial charge is 0.385 e. The van der Waals surface area contributed by atoms with Gasteiger partial charge >= 0.3 is 0 Å². The molecule has 0 saturated heterocycles.